The molecule has 21 heavy (non-hydrogen) atoms. The SMILES string of the molecule is CCC(=O)NC1(C(C)(OC)OC)CCc2ccccc2C1. The Morgan fingerprint density at radius 3 is 2.48 bits per heavy atom. The highest BCUT2D eigenvalue weighted by Crippen LogP contribution is 2.38. The van der Waals surface area contributed by atoms with E-state index >= 15 is 0 Å². The number of hydrogen-bond donors (Lipinski definition) is 1. The van der Waals surface area contributed by atoms with E-state index in [1.165, 1.54) is 11.1 Å². The van der Waals surface area contributed by atoms with Gasteiger partial charge in [-0.05, 0) is 30.9 Å². The topological polar surface area (TPSA) is 47.6 Å². The van der Waals surface area contributed by atoms with Crippen LogP contribution in [0.25, 0.3) is 0 Å². The Labute approximate surface area is 126 Å². The Hall–Kier alpha value is -1.39. The van der Waals surface area contributed by atoms with Crippen LogP contribution in [0.3, 0.4) is 0 Å². The lowest BCUT2D eigenvalue weighted by molar-refractivity contribution is -0.245. The standard InChI is InChI=1S/C17H25NO3/c1-5-15(19)18-17(16(2,20-3)21-4)11-10-13-8-6-7-9-14(13)12-17/h6-9H,5,10-12H2,1-4H3,(H,18,19). The van der Waals surface area contributed by atoms with E-state index in [4.69, 9.17) is 9.47 Å². The van der Waals surface area contributed by atoms with Crippen molar-refractivity contribution in [2.24, 2.45) is 0 Å². The van der Waals surface area contributed by atoms with Crippen molar-refractivity contribution in [3.8, 4) is 0 Å². The molecule has 0 bridgehead atoms. The Balaban J connectivity index is 2.41. The van der Waals surface area contributed by atoms with E-state index in [0.29, 0.717) is 12.8 Å². The summed E-state index contributed by atoms with van der Waals surface area (Å²) in [5.41, 5.74) is 2.05. The summed E-state index contributed by atoms with van der Waals surface area (Å²) in [5, 5.41) is 3.18. The molecule has 116 valence electrons. The summed E-state index contributed by atoms with van der Waals surface area (Å²) in [6.07, 6.45) is 2.87. The van der Waals surface area contributed by atoms with Gasteiger partial charge in [-0.25, -0.2) is 0 Å². The second-order valence-corrected chi connectivity index (χ2v) is 5.78. The molecule has 1 aliphatic carbocycles. The predicted molar refractivity (Wildman–Crippen MR) is 82.1 cm³/mol. The summed E-state index contributed by atoms with van der Waals surface area (Å²) < 4.78 is 11.3. The second-order valence-electron chi connectivity index (χ2n) is 5.78. The van der Waals surface area contributed by atoms with Crippen molar-refractivity contribution in [3.63, 3.8) is 0 Å². The first-order valence-electron chi connectivity index (χ1n) is 7.48. The molecule has 0 saturated carbocycles. The van der Waals surface area contributed by atoms with E-state index in [-0.39, 0.29) is 5.91 Å². The minimum Gasteiger partial charge on any atom is -0.351 e. The summed E-state index contributed by atoms with van der Waals surface area (Å²) >= 11 is 0. The normalized spacial score (nSPS) is 21.7. The Morgan fingerprint density at radius 1 is 1.29 bits per heavy atom. The third-order valence-electron chi connectivity index (χ3n) is 4.78. The van der Waals surface area contributed by atoms with Crippen molar-refractivity contribution in [1.82, 2.24) is 5.32 Å². The highest BCUT2D eigenvalue weighted by Gasteiger charge is 2.51. The molecule has 0 heterocycles. The van der Waals surface area contributed by atoms with Crippen LogP contribution in [0.2, 0.25) is 0 Å². The summed E-state index contributed by atoms with van der Waals surface area (Å²) in [6, 6.07) is 8.36. The first-order valence-corrected chi connectivity index (χ1v) is 7.48. The zero-order valence-corrected chi connectivity index (χ0v) is 13.4. The zero-order valence-electron chi connectivity index (χ0n) is 13.4. The van der Waals surface area contributed by atoms with Gasteiger partial charge in [0.2, 0.25) is 5.91 Å². The maximum absolute atomic E-state index is 12.1. The average Bonchev–Trinajstić information content (AvgIpc) is 2.53. The van der Waals surface area contributed by atoms with Crippen molar-refractivity contribution in [2.75, 3.05) is 14.2 Å². The first kappa shape index (κ1) is 16.0. The Bertz CT molecular complexity index is 511. The lowest BCUT2D eigenvalue weighted by Gasteiger charge is -2.49. The van der Waals surface area contributed by atoms with Crippen LogP contribution < -0.4 is 5.32 Å². The quantitative estimate of drug-likeness (QED) is 0.848. The fraction of sp³-hybridized carbons (Fsp3) is 0.588. The molecule has 2 rings (SSSR count). The summed E-state index contributed by atoms with van der Waals surface area (Å²) in [7, 11) is 3.26. The smallest absolute Gasteiger partial charge is 0.220 e. The van der Waals surface area contributed by atoms with E-state index in [2.05, 4.69) is 23.5 Å². The van der Waals surface area contributed by atoms with Gasteiger partial charge in [0, 0.05) is 27.1 Å². The lowest BCUT2D eigenvalue weighted by atomic mass is 9.73. The van der Waals surface area contributed by atoms with Crippen LogP contribution in [0.15, 0.2) is 24.3 Å². The van der Waals surface area contributed by atoms with Gasteiger partial charge in [0.1, 0.15) is 0 Å². The number of rotatable bonds is 5. The molecule has 1 aliphatic rings. The van der Waals surface area contributed by atoms with Crippen LogP contribution in [-0.4, -0.2) is 31.5 Å². The van der Waals surface area contributed by atoms with Gasteiger partial charge in [-0.3, -0.25) is 4.79 Å². The van der Waals surface area contributed by atoms with Crippen molar-refractivity contribution < 1.29 is 14.3 Å². The van der Waals surface area contributed by atoms with Gasteiger partial charge in [0.15, 0.2) is 5.79 Å². The van der Waals surface area contributed by atoms with Crippen LogP contribution in [0.1, 0.15) is 37.8 Å². The second kappa shape index (κ2) is 6.16. The number of ether oxygens (including phenoxy) is 2. The first-order chi connectivity index (χ1) is 10.00. The molecular weight excluding hydrogens is 266 g/mol. The number of fused-ring (bicyclic) bond motifs is 1. The Kier molecular flexibility index (Phi) is 4.69. The van der Waals surface area contributed by atoms with Gasteiger partial charge in [-0.2, -0.15) is 0 Å². The van der Waals surface area contributed by atoms with E-state index in [1.54, 1.807) is 14.2 Å². The van der Waals surface area contributed by atoms with E-state index in [1.807, 2.05) is 19.9 Å². The molecule has 0 saturated heterocycles. The third-order valence-corrected chi connectivity index (χ3v) is 4.78. The molecule has 1 aromatic carbocycles. The molecule has 0 fully saturated rings. The number of amides is 1. The van der Waals surface area contributed by atoms with Gasteiger partial charge in [0.25, 0.3) is 0 Å². The lowest BCUT2D eigenvalue weighted by Crippen LogP contribution is -2.67. The number of aryl methyl sites for hydroxylation is 1. The molecule has 0 radical (unpaired) electrons. The van der Waals surface area contributed by atoms with Gasteiger partial charge in [-0.1, -0.05) is 31.2 Å². The molecule has 0 spiro atoms. The molecule has 4 nitrogen and oxygen atoms in total. The van der Waals surface area contributed by atoms with Gasteiger partial charge in [-0.15, -0.1) is 0 Å². The molecular formula is C17H25NO3. The number of carbonyl (C=O) groups excluding carboxylic acids is 1. The molecule has 1 aromatic rings. The predicted octanol–water partition coefficient (Wildman–Crippen LogP) is 2.45. The highest BCUT2D eigenvalue weighted by molar-refractivity contribution is 5.76. The number of benzene rings is 1. The summed E-state index contributed by atoms with van der Waals surface area (Å²) in [5.74, 6) is -0.833. The summed E-state index contributed by atoms with van der Waals surface area (Å²) in [6.45, 7) is 3.76. The van der Waals surface area contributed by atoms with E-state index < -0.39 is 11.3 Å². The molecule has 1 atom stereocenters. The third kappa shape index (κ3) is 2.83. The highest BCUT2D eigenvalue weighted by atomic mass is 16.7. The van der Waals surface area contributed by atoms with Gasteiger partial charge >= 0.3 is 0 Å². The minimum absolute atomic E-state index is 0.0229. The molecule has 0 aromatic heterocycles. The van der Waals surface area contributed by atoms with Crippen LogP contribution in [-0.2, 0) is 27.1 Å². The molecule has 1 N–H and O–H groups in total. The molecule has 4 heteroatoms. The van der Waals surface area contributed by atoms with Crippen molar-refractivity contribution in [1.29, 1.82) is 0 Å². The van der Waals surface area contributed by atoms with Crippen LogP contribution in [0.5, 0.6) is 0 Å². The van der Waals surface area contributed by atoms with Crippen molar-refractivity contribution in [2.45, 2.75) is 50.9 Å². The Morgan fingerprint density at radius 2 is 1.90 bits per heavy atom. The molecule has 0 aliphatic heterocycles. The maximum atomic E-state index is 12.1. The van der Waals surface area contributed by atoms with Crippen molar-refractivity contribution >= 4 is 5.91 Å². The fourth-order valence-corrected chi connectivity index (χ4v) is 3.17. The number of methoxy groups -OCH3 is 2. The van der Waals surface area contributed by atoms with Crippen LogP contribution >= 0.6 is 0 Å². The fourth-order valence-electron chi connectivity index (χ4n) is 3.17. The van der Waals surface area contributed by atoms with Gasteiger partial charge < -0.3 is 14.8 Å². The number of nitrogens with one attached hydrogen (secondary N) is 1. The van der Waals surface area contributed by atoms with Crippen molar-refractivity contribution in [3.05, 3.63) is 35.4 Å². The number of carbonyl (C=O) groups is 1. The minimum atomic E-state index is -0.856. The summed E-state index contributed by atoms with van der Waals surface area (Å²) in [4.78, 5) is 12.1. The molecule has 1 unspecified atom stereocenters. The van der Waals surface area contributed by atoms with Crippen LogP contribution in [0.4, 0.5) is 0 Å². The number of hydrogen-bond acceptors (Lipinski definition) is 3. The van der Waals surface area contributed by atoms with Crippen LogP contribution in [0, 0.1) is 0 Å². The largest absolute Gasteiger partial charge is 0.351 e. The molecule has 1 amide bonds. The maximum Gasteiger partial charge on any atom is 0.220 e. The zero-order chi connectivity index (χ0) is 15.5. The van der Waals surface area contributed by atoms with E-state index in [0.717, 1.165) is 12.8 Å². The van der Waals surface area contributed by atoms with Gasteiger partial charge in [0.05, 0.1) is 5.54 Å². The monoisotopic (exact) mass is 291 g/mol. The average molecular weight is 291 g/mol. The van der Waals surface area contributed by atoms with E-state index in [9.17, 15) is 4.79 Å².